The van der Waals surface area contributed by atoms with Crippen LogP contribution in [0.15, 0.2) is 48.1 Å². The van der Waals surface area contributed by atoms with Gasteiger partial charge in [-0.3, -0.25) is 4.79 Å². The number of nitrogens with zero attached hydrogens (tertiary/aromatic N) is 1. The quantitative estimate of drug-likeness (QED) is 0.648. The van der Waals surface area contributed by atoms with Gasteiger partial charge in [0.1, 0.15) is 0 Å². The van der Waals surface area contributed by atoms with Gasteiger partial charge in [0, 0.05) is 13.0 Å². The highest BCUT2D eigenvalue weighted by molar-refractivity contribution is 5.87. The van der Waals surface area contributed by atoms with Crippen LogP contribution >= 0.6 is 0 Å². The molecule has 4 nitrogen and oxygen atoms in total. The van der Waals surface area contributed by atoms with Crippen molar-refractivity contribution in [1.29, 1.82) is 0 Å². The van der Waals surface area contributed by atoms with Gasteiger partial charge in [-0.25, -0.2) is 4.79 Å². The highest BCUT2D eigenvalue weighted by atomic mass is 16.4. The third-order valence-corrected chi connectivity index (χ3v) is 5.57. The highest BCUT2D eigenvalue weighted by Gasteiger charge is 2.28. The second-order valence-electron chi connectivity index (χ2n) is 7.83. The fourth-order valence-electron chi connectivity index (χ4n) is 3.58. The van der Waals surface area contributed by atoms with Gasteiger partial charge < -0.3 is 10.0 Å². The largest absolute Gasteiger partial charge is 0.478 e. The van der Waals surface area contributed by atoms with Gasteiger partial charge >= 0.3 is 5.97 Å². The van der Waals surface area contributed by atoms with Crippen molar-refractivity contribution in [2.24, 2.45) is 5.92 Å². The Morgan fingerprint density at radius 3 is 2.63 bits per heavy atom. The van der Waals surface area contributed by atoms with Gasteiger partial charge in [0.15, 0.2) is 0 Å². The summed E-state index contributed by atoms with van der Waals surface area (Å²) in [5.74, 6) is 0.257. The Balaban J connectivity index is 1.51. The molecular weight excluding hydrogens is 338 g/mol. The maximum absolute atomic E-state index is 12.2. The molecule has 1 saturated heterocycles. The topological polar surface area (TPSA) is 57.6 Å². The fourth-order valence-corrected chi connectivity index (χ4v) is 3.58. The zero-order chi connectivity index (χ0) is 19.2. The summed E-state index contributed by atoms with van der Waals surface area (Å²) in [6, 6.07) is 7.08. The second-order valence-corrected chi connectivity index (χ2v) is 7.83. The van der Waals surface area contributed by atoms with Gasteiger partial charge in [0.2, 0.25) is 5.91 Å². The molecular formula is C23H29NO3. The van der Waals surface area contributed by atoms with Gasteiger partial charge in [-0.2, -0.15) is 0 Å². The lowest BCUT2D eigenvalue weighted by Crippen LogP contribution is -2.33. The second kappa shape index (κ2) is 9.03. The number of carbonyl (C=O) groups is 2. The Hall–Kier alpha value is -2.36. The third kappa shape index (κ3) is 5.81. The summed E-state index contributed by atoms with van der Waals surface area (Å²) >= 11 is 0. The Bertz CT molecular complexity index is 728. The number of likely N-dealkylation sites (tertiary alicyclic amines) is 1. The molecule has 2 fully saturated rings. The summed E-state index contributed by atoms with van der Waals surface area (Å²) in [7, 11) is 0. The molecule has 0 spiro atoms. The van der Waals surface area contributed by atoms with Crippen molar-refractivity contribution in [2.45, 2.75) is 57.9 Å². The monoisotopic (exact) mass is 367 g/mol. The number of rotatable bonds is 9. The molecule has 0 radical (unpaired) electrons. The number of aromatic carboxylic acids is 1. The van der Waals surface area contributed by atoms with Gasteiger partial charge in [0.25, 0.3) is 0 Å². The van der Waals surface area contributed by atoms with Crippen LogP contribution in [0, 0.1) is 5.92 Å². The summed E-state index contributed by atoms with van der Waals surface area (Å²) in [5.41, 5.74) is 2.76. The molecule has 0 bridgehead atoms. The number of carboxylic acids is 1. The molecule has 4 heteroatoms. The van der Waals surface area contributed by atoms with E-state index in [0.717, 1.165) is 24.3 Å². The number of carbonyl (C=O) groups excluding carboxylic acids is 1. The first-order valence-electron chi connectivity index (χ1n) is 9.98. The molecule has 1 aromatic rings. The Morgan fingerprint density at radius 2 is 1.96 bits per heavy atom. The van der Waals surface area contributed by atoms with Crippen LogP contribution in [-0.4, -0.2) is 34.5 Å². The van der Waals surface area contributed by atoms with Crippen molar-refractivity contribution in [3.05, 3.63) is 59.2 Å². The molecule has 1 unspecified atom stereocenters. The maximum Gasteiger partial charge on any atom is 0.335 e. The van der Waals surface area contributed by atoms with E-state index in [1.165, 1.54) is 31.3 Å². The van der Waals surface area contributed by atoms with E-state index >= 15 is 0 Å². The third-order valence-electron chi connectivity index (χ3n) is 5.57. The van der Waals surface area contributed by atoms with E-state index < -0.39 is 5.97 Å². The predicted octanol–water partition coefficient (Wildman–Crippen LogP) is 4.61. The van der Waals surface area contributed by atoms with Gasteiger partial charge in [-0.05, 0) is 56.2 Å². The molecule has 3 rings (SSSR count). The lowest BCUT2D eigenvalue weighted by Gasteiger charge is -2.22. The number of carboxylic acid groups (broad SMARTS) is 1. The van der Waals surface area contributed by atoms with E-state index in [-0.39, 0.29) is 11.9 Å². The summed E-state index contributed by atoms with van der Waals surface area (Å²) in [6.07, 6.45) is 14.0. The molecule has 144 valence electrons. The SMILES string of the molecule is CC(=CC=CC1CCC(=O)N1CCc1ccc(C(=O)O)cc1)CCC1CC1. The molecule has 27 heavy (non-hydrogen) atoms. The fraction of sp³-hybridized carbons (Fsp3) is 0.478. The van der Waals surface area contributed by atoms with E-state index in [9.17, 15) is 9.59 Å². The normalized spacial score (nSPS) is 20.6. The zero-order valence-electron chi connectivity index (χ0n) is 16.1. The molecule has 1 saturated carbocycles. The number of hydrogen-bond donors (Lipinski definition) is 1. The molecule has 1 aromatic carbocycles. The van der Waals surface area contributed by atoms with Crippen LogP contribution in [0.2, 0.25) is 0 Å². The van der Waals surface area contributed by atoms with Gasteiger partial charge in [0.05, 0.1) is 11.6 Å². The molecule has 1 N–H and O–H groups in total. The van der Waals surface area contributed by atoms with E-state index in [1.807, 2.05) is 17.0 Å². The summed E-state index contributed by atoms with van der Waals surface area (Å²) in [5, 5.41) is 8.97. The molecule has 2 aliphatic rings. The number of amides is 1. The Kier molecular flexibility index (Phi) is 6.49. The number of benzene rings is 1. The van der Waals surface area contributed by atoms with Crippen LogP contribution in [-0.2, 0) is 11.2 Å². The zero-order valence-corrected chi connectivity index (χ0v) is 16.1. The molecule has 1 aliphatic heterocycles. The summed E-state index contributed by atoms with van der Waals surface area (Å²) in [4.78, 5) is 25.1. The minimum Gasteiger partial charge on any atom is -0.478 e. The van der Waals surface area contributed by atoms with E-state index in [1.54, 1.807) is 12.1 Å². The van der Waals surface area contributed by atoms with Crippen molar-refractivity contribution in [1.82, 2.24) is 4.90 Å². The minimum absolute atomic E-state index is 0.170. The van der Waals surface area contributed by atoms with Crippen LogP contribution < -0.4 is 0 Å². The predicted molar refractivity (Wildman–Crippen MR) is 107 cm³/mol. The van der Waals surface area contributed by atoms with Crippen LogP contribution in [0.3, 0.4) is 0 Å². The van der Waals surface area contributed by atoms with Crippen LogP contribution in [0.25, 0.3) is 0 Å². The van der Waals surface area contributed by atoms with Crippen molar-refractivity contribution >= 4 is 11.9 Å². The van der Waals surface area contributed by atoms with Crippen LogP contribution in [0.1, 0.15) is 61.4 Å². The minimum atomic E-state index is -0.915. The average molecular weight is 367 g/mol. The lowest BCUT2D eigenvalue weighted by atomic mass is 10.1. The van der Waals surface area contributed by atoms with Crippen molar-refractivity contribution < 1.29 is 14.7 Å². The lowest BCUT2D eigenvalue weighted by molar-refractivity contribution is -0.128. The first kappa shape index (κ1) is 19.4. The standard InChI is InChI=1S/C23H29NO3/c1-17(5-6-18-7-8-18)3-2-4-21-13-14-22(25)24(21)16-15-19-9-11-20(12-10-19)23(26)27/h2-4,9-12,18,21H,5-8,13-16H2,1H3,(H,26,27). The summed E-state index contributed by atoms with van der Waals surface area (Å²) < 4.78 is 0. The Labute approximate surface area is 161 Å². The number of allylic oxidation sites excluding steroid dienone is 3. The van der Waals surface area contributed by atoms with Gasteiger partial charge in [-0.15, -0.1) is 0 Å². The molecule has 1 amide bonds. The van der Waals surface area contributed by atoms with Crippen molar-refractivity contribution in [3.63, 3.8) is 0 Å². The molecule has 1 aliphatic carbocycles. The molecule has 0 aromatic heterocycles. The first-order valence-corrected chi connectivity index (χ1v) is 9.98. The number of hydrogen-bond acceptors (Lipinski definition) is 2. The first-order chi connectivity index (χ1) is 13.0. The highest BCUT2D eigenvalue weighted by Crippen LogP contribution is 2.34. The van der Waals surface area contributed by atoms with Gasteiger partial charge in [-0.1, -0.05) is 48.8 Å². The smallest absolute Gasteiger partial charge is 0.335 e. The van der Waals surface area contributed by atoms with Crippen molar-refractivity contribution in [2.75, 3.05) is 6.54 Å². The van der Waals surface area contributed by atoms with Crippen LogP contribution in [0.5, 0.6) is 0 Å². The van der Waals surface area contributed by atoms with E-state index in [4.69, 9.17) is 5.11 Å². The van der Waals surface area contributed by atoms with Crippen LogP contribution in [0.4, 0.5) is 0 Å². The van der Waals surface area contributed by atoms with Crippen molar-refractivity contribution in [3.8, 4) is 0 Å². The summed E-state index contributed by atoms with van der Waals surface area (Å²) in [6.45, 7) is 2.86. The average Bonchev–Trinajstić information content (AvgIpc) is 3.42. The molecule has 1 heterocycles. The molecule has 1 atom stereocenters. The van der Waals surface area contributed by atoms with E-state index in [0.29, 0.717) is 18.5 Å². The van der Waals surface area contributed by atoms with E-state index in [2.05, 4.69) is 25.2 Å². The Morgan fingerprint density at radius 1 is 1.22 bits per heavy atom. The maximum atomic E-state index is 12.2.